The Morgan fingerprint density at radius 3 is 2.58 bits per heavy atom. The Labute approximate surface area is 129 Å². The molecule has 100 valence electrons. The summed E-state index contributed by atoms with van der Waals surface area (Å²) < 4.78 is 19.4. The van der Waals surface area contributed by atoms with Gasteiger partial charge in [0.25, 0.3) is 0 Å². The van der Waals surface area contributed by atoms with Crippen LogP contribution in [0.15, 0.2) is 40.9 Å². The molecule has 0 radical (unpaired) electrons. The molecule has 2 rings (SSSR count). The Kier molecular flexibility index (Phi) is 4.71. The molecule has 19 heavy (non-hydrogen) atoms. The first-order valence-electron chi connectivity index (χ1n) is 5.45. The van der Waals surface area contributed by atoms with Gasteiger partial charge >= 0.3 is 0 Å². The van der Waals surface area contributed by atoms with Crippen molar-refractivity contribution in [1.82, 2.24) is 0 Å². The maximum Gasteiger partial charge on any atom is 0.165 e. The predicted molar refractivity (Wildman–Crippen MR) is 79.8 cm³/mol. The van der Waals surface area contributed by atoms with Crippen molar-refractivity contribution >= 4 is 39.1 Å². The predicted octanol–water partition coefficient (Wildman–Crippen LogP) is 5.58. The molecule has 0 aliphatic carbocycles. The average Bonchev–Trinajstić information content (AvgIpc) is 2.40. The van der Waals surface area contributed by atoms with Crippen molar-refractivity contribution in [3.05, 3.63) is 62.8 Å². The van der Waals surface area contributed by atoms with E-state index in [1.807, 2.05) is 6.07 Å². The second-order valence-electron chi connectivity index (χ2n) is 3.92. The third-order valence-corrected chi connectivity index (χ3v) is 4.14. The molecule has 0 aliphatic heterocycles. The molecule has 2 aromatic rings. The molecule has 0 spiro atoms. The number of rotatable bonds is 3. The first kappa shape index (κ1) is 14.6. The number of methoxy groups -OCH3 is 1. The molecule has 1 atom stereocenters. The standard InChI is InChI=1S/C14H10BrCl2FO/c1-19-13-5-2-8(6-12(13)18)14(17)10-7-9(16)3-4-11(10)15/h2-7,14H,1H3. The molecule has 0 saturated carbocycles. The van der Waals surface area contributed by atoms with Crippen molar-refractivity contribution in [2.24, 2.45) is 0 Å². The normalized spacial score (nSPS) is 12.3. The summed E-state index contributed by atoms with van der Waals surface area (Å²) in [5, 5.41) is 0.0892. The van der Waals surface area contributed by atoms with E-state index in [2.05, 4.69) is 15.9 Å². The van der Waals surface area contributed by atoms with Crippen LogP contribution in [0, 0.1) is 5.82 Å². The molecular weight excluding hydrogens is 354 g/mol. The van der Waals surface area contributed by atoms with Gasteiger partial charge in [0.2, 0.25) is 0 Å². The fourth-order valence-electron chi connectivity index (χ4n) is 1.73. The molecule has 0 heterocycles. The lowest BCUT2D eigenvalue weighted by molar-refractivity contribution is 0.386. The van der Waals surface area contributed by atoms with E-state index < -0.39 is 11.2 Å². The van der Waals surface area contributed by atoms with Gasteiger partial charge in [-0.05, 0) is 41.5 Å². The number of hydrogen-bond donors (Lipinski definition) is 0. The van der Waals surface area contributed by atoms with Crippen LogP contribution >= 0.6 is 39.1 Å². The van der Waals surface area contributed by atoms with Gasteiger partial charge < -0.3 is 4.74 Å². The van der Waals surface area contributed by atoms with Crippen molar-refractivity contribution < 1.29 is 9.13 Å². The minimum absolute atomic E-state index is 0.192. The molecule has 0 fully saturated rings. The van der Waals surface area contributed by atoms with Gasteiger partial charge in [0.1, 0.15) is 0 Å². The van der Waals surface area contributed by atoms with Crippen molar-refractivity contribution in [2.75, 3.05) is 7.11 Å². The summed E-state index contributed by atoms with van der Waals surface area (Å²) in [4.78, 5) is 0. The van der Waals surface area contributed by atoms with E-state index in [-0.39, 0.29) is 5.75 Å². The monoisotopic (exact) mass is 362 g/mol. The average molecular weight is 364 g/mol. The van der Waals surface area contributed by atoms with Crippen LogP contribution in [0.4, 0.5) is 4.39 Å². The van der Waals surface area contributed by atoms with Crippen molar-refractivity contribution in [2.45, 2.75) is 5.38 Å². The molecule has 0 amide bonds. The van der Waals surface area contributed by atoms with Crippen LogP contribution in [0.2, 0.25) is 5.02 Å². The zero-order valence-corrected chi connectivity index (χ0v) is 13.1. The summed E-state index contributed by atoms with van der Waals surface area (Å²) in [5.41, 5.74) is 1.43. The van der Waals surface area contributed by atoms with Crippen molar-refractivity contribution in [1.29, 1.82) is 0 Å². The molecule has 0 N–H and O–H groups in total. The van der Waals surface area contributed by atoms with Crippen LogP contribution in [0.1, 0.15) is 16.5 Å². The van der Waals surface area contributed by atoms with Crippen molar-refractivity contribution in [3.8, 4) is 5.75 Å². The summed E-state index contributed by atoms with van der Waals surface area (Å²) in [6, 6.07) is 9.97. The minimum atomic E-state index is -0.492. The van der Waals surface area contributed by atoms with Crippen molar-refractivity contribution in [3.63, 3.8) is 0 Å². The number of alkyl halides is 1. The van der Waals surface area contributed by atoms with Crippen LogP contribution < -0.4 is 4.74 Å². The highest BCUT2D eigenvalue weighted by molar-refractivity contribution is 9.10. The Morgan fingerprint density at radius 1 is 1.21 bits per heavy atom. The van der Waals surface area contributed by atoms with Crippen LogP contribution in [-0.2, 0) is 0 Å². The van der Waals surface area contributed by atoms with Gasteiger partial charge in [-0.3, -0.25) is 0 Å². The third-order valence-electron chi connectivity index (χ3n) is 2.70. The highest BCUT2D eigenvalue weighted by atomic mass is 79.9. The largest absolute Gasteiger partial charge is 0.494 e. The number of ether oxygens (including phenoxy) is 1. The Balaban J connectivity index is 2.41. The zero-order valence-electron chi connectivity index (χ0n) is 9.96. The van der Waals surface area contributed by atoms with E-state index >= 15 is 0 Å². The SMILES string of the molecule is COc1ccc(C(Cl)c2cc(Cl)ccc2Br)cc1F. The maximum atomic E-state index is 13.7. The van der Waals surface area contributed by atoms with Gasteiger partial charge in [0, 0.05) is 9.50 Å². The van der Waals surface area contributed by atoms with E-state index in [9.17, 15) is 4.39 Å². The Morgan fingerprint density at radius 2 is 1.95 bits per heavy atom. The first-order valence-corrected chi connectivity index (χ1v) is 7.06. The molecule has 5 heteroatoms. The van der Waals surface area contributed by atoms with Gasteiger partial charge in [0.15, 0.2) is 11.6 Å². The molecule has 2 aromatic carbocycles. The molecule has 0 saturated heterocycles. The van der Waals surface area contributed by atoms with Gasteiger partial charge in [-0.2, -0.15) is 0 Å². The van der Waals surface area contributed by atoms with E-state index in [4.69, 9.17) is 27.9 Å². The number of benzene rings is 2. The van der Waals surface area contributed by atoms with Crippen LogP contribution in [0.25, 0.3) is 0 Å². The van der Waals surface area contributed by atoms with Crippen LogP contribution in [0.5, 0.6) is 5.75 Å². The summed E-state index contributed by atoms with van der Waals surface area (Å²) >= 11 is 15.7. The highest BCUT2D eigenvalue weighted by Crippen LogP contribution is 2.36. The lowest BCUT2D eigenvalue weighted by atomic mass is 10.0. The van der Waals surface area contributed by atoms with Crippen LogP contribution in [-0.4, -0.2) is 7.11 Å². The maximum absolute atomic E-state index is 13.7. The highest BCUT2D eigenvalue weighted by Gasteiger charge is 2.16. The lowest BCUT2D eigenvalue weighted by Gasteiger charge is -2.14. The van der Waals surface area contributed by atoms with Gasteiger partial charge in [-0.25, -0.2) is 4.39 Å². The Bertz CT molecular complexity index is 604. The van der Waals surface area contributed by atoms with E-state index in [0.717, 1.165) is 10.0 Å². The number of halogens is 4. The second-order valence-corrected chi connectivity index (χ2v) is 5.65. The van der Waals surface area contributed by atoms with E-state index in [0.29, 0.717) is 10.6 Å². The fraction of sp³-hybridized carbons (Fsp3) is 0.143. The van der Waals surface area contributed by atoms with E-state index in [1.165, 1.54) is 13.2 Å². The minimum Gasteiger partial charge on any atom is -0.494 e. The third kappa shape index (κ3) is 3.22. The van der Waals surface area contributed by atoms with Gasteiger partial charge in [-0.15, -0.1) is 11.6 Å². The summed E-state index contributed by atoms with van der Waals surface area (Å²) in [5.74, 6) is -0.249. The van der Waals surface area contributed by atoms with E-state index in [1.54, 1.807) is 24.3 Å². The molecule has 0 bridgehead atoms. The molecule has 1 unspecified atom stereocenters. The first-order chi connectivity index (χ1) is 9.02. The Hall–Kier alpha value is -0.770. The van der Waals surface area contributed by atoms with Gasteiger partial charge in [0.05, 0.1) is 12.5 Å². The molecule has 0 aliphatic rings. The zero-order chi connectivity index (χ0) is 14.0. The van der Waals surface area contributed by atoms with Crippen LogP contribution in [0.3, 0.4) is 0 Å². The molecular formula is C14H10BrCl2FO. The molecule has 0 aromatic heterocycles. The summed E-state index contributed by atoms with van der Waals surface area (Å²) in [6.07, 6.45) is 0. The fourth-order valence-corrected chi connectivity index (χ4v) is 2.83. The molecule has 1 nitrogen and oxygen atoms in total. The number of hydrogen-bond acceptors (Lipinski definition) is 1. The summed E-state index contributed by atoms with van der Waals surface area (Å²) in [7, 11) is 1.42. The lowest BCUT2D eigenvalue weighted by Crippen LogP contribution is -1.97. The van der Waals surface area contributed by atoms with Gasteiger partial charge in [-0.1, -0.05) is 33.6 Å². The second kappa shape index (κ2) is 6.12. The smallest absolute Gasteiger partial charge is 0.165 e. The topological polar surface area (TPSA) is 9.23 Å². The summed E-state index contributed by atoms with van der Waals surface area (Å²) in [6.45, 7) is 0. The quantitative estimate of drug-likeness (QED) is 0.647.